The molecule has 0 aliphatic carbocycles. The predicted molar refractivity (Wildman–Crippen MR) is 120 cm³/mol. The number of amides is 1. The normalized spacial score (nSPS) is 11.6. The van der Waals surface area contributed by atoms with E-state index >= 15 is 0 Å². The molecule has 2 aromatic carbocycles. The van der Waals surface area contributed by atoms with Gasteiger partial charge >= 0.3 is 5.97 Å². The first-order valence-corrected chi connectivity index (χ1v) is 10.5. The summed E-state index contributed by atoms with van der Waals surface area (Å²) in [6.07, 6.45) is 2.01. The smallest absolute Gasteiger partial charge is 0.328 e. The highest BCUT2D eigenvalue weighted by atomic mass is 35.5. The lowest BCUT2D eigenvalue weighted by Gasteiger charge is -2.19. The van der Waals surface area contributed by atoms with Gasteiger partial charge in [0.1, 0.15) is 17.5 Å². The first-order chi connectivity index (χ1) is 14.9. The van der Waals surface area contributed by atoms with Gasteiger partial charge in [0.05, 0.1) is 24.3 Å². The Kier molecular flexibility index (Phi) is 9.62. The Morgan fingerprint density at radius 1 is 1.19 bits per heavy atom. The second-order valence-corrected chi connectivity index (χ2v) is 7.51. The minimum absolute atomic E-state index is 0.0352. The maximum atomic E-state index is 12.8. The molecule has 1 amide bonds. The fourth-order valence-corrected chi connectivity index (χ4v) is 3.40. The number of esters is 1. The average Bonchev–Trinajstić information content (AvgIpc) is 2.77. The number of hydrogen-bond donors (Lipinski definition) is 3. The number of unbranched alkanes of at least 4 members (excludes halogenated alkanes) is 1. The molecule has 0 saturated heterocycles. The zero-order valence-electron chi connectivity index (χ0n) is 18.0. The summed E-state index contributed by atoms with van der Waals surface area (Å²) in [7, 11) is 3.14. The Bertz CT molecular complexity index is 889. The van der Waals surface area contributed by atoms with Crippen molar-refractivity contribution in [3.63, 3.8) is 0 Å². The molecule has 3 N–H and O–H groups in total. The molecule has 0 aromatic heterocycles. The maximum absolute atomic E-state index is 12.8. The van der Waals surface area contributed by atoms with E-state index in [-0.39, 0.29) is 22.8 Å². The van der Waals surface area contributed by atoms with Crippen LogP contribution < -0.4 is 15.4 Å². The molecule has 0 radical (unpaired) electrons. The highest BCUT2D eigenvalue weighted by Gasteiger charge is 2.26. The van der Waals surface area contributed by atoms with Crippen LogP contribution in [0.25, 0.3) is 0 Å². The number of hydrogen-bond acceptors (Lipinski definition) is 6. The quantitative estimate of drug-likeness (QED) is 0.360. The Morgan fingerprint density at radius 2 is 1.90 bits per heavy atom. The standard InChI is InChI=1S/C23H29ClN2O5/c1-15-20(27)17(14-18(24)21(15)31-12-8-7-11-25-2)22(28)26-19(23(29)30-3)13-16-9-5-4-6-10-16/h4-6,9-10,14,19,25,27H,7-8,11-13H2,1-3H3,(H,26,28)/t19-/m0/s1. The van der Waals surface area contributed by atoms with Crippen LogP contribution in [0.5, 0.6) is 11.5 Å². The molecule has 0 spiro atoms. The van der Waals surface area contributed by atoms with E-state index in [0.717, 1.165) is 24.9 Å². The second-order valence-electron chi connectivity index (χ2n) is 7.11. The summed E-state index contributed by atoms with van der Waals surface area (Å²) in [6.45, 7) is 2.95. The third-order valence-electron chi connectivity index (χ3n) is 4.82. The number of nitrogens with one attached hydrogen (secondary N) is 2. The minimum Gasteiger partial charge on any atom is -0.507 e. The van der Waals surface area contributed by atoms with Crippen molar-refractivity contribution in [3.05, 3.63) is 58.1 Å². The van der Waals surface area contributed by atoms with E-state index in [1.165, 1.54) is 13.2 Å². The topological polar surface area (TPSA) is 96.9 Å². The molecule has 0 fully saturated rings. The molecule has 0 heterocycles. The van der Waals surface area contributed by atoms with Crippen molar-refractivity contribution < 1.29 is 24.2 Å². The Morgan fingerprint density at radius 3 is 2.55 bits per heavy atom. The first kappa shape index (κ1) is 24.5. The zero-order valence-corrected chi connectivity index (χ0v) is 18.8. The largest absolute Gasteiger partial charge is 0.507 e. The minimum atomic E-state index is -0.915. The van der Waals surface area contributed by atoms with Crippen molar-refractivity contribution >= 4 is 23.5 Å². The number of phenols is 1. The number of phenolic OH excluding ortho intramolecular Hbond substituents is 1. The highest BCUT2D eigenvalue weighted by molar-refractivity contribution is 6.32. The number of rotatable bonds is 11. The third kappa shape index (κ3) is 6.87. The number of ether oxygens (including phenoxy) is 2. The van der Waals surface area contributed by atoms with Crippen LogP contribution in [0, 0.1) is 6.92 Å². The van der Waals surface area contributed by atoms with E-state index in [1.807, 2.05) is 37.4 Å². The van der Waals surface area contributed by atoms with Crippen LogP contribution in [0.15, 0.2) is 36.4 Å². The molecule has 31 heavy (non-hydrogen) atoms. The van der Waals surface area contributed by atoms with Crippen LogP contribution in [0.2, 0.25) is 5.02 Å². The number of carbonyl (C=O) groups excluding carboxylic acids is 2. The molecule has 0 unspecified atom stereocenters. The molecule has 1 atom stereocenters. The van der Waals surface area contributed by atoms with E-state index in [1.54, 1.807) is 6.92 Å². The van der Waals surface area contributed by atoms with Gasteiger partial charge in [0.15, 0.2) is 0 Å². The molecule has 168 valence electrons. The lowest BCUT2D eigenvalue weighted by molar-refractivity contribution is -0.142. The molecular weight excluding hydrogens is 420 g/mol. The molecule has 0 saturated carbocycles. The summed E-state index contributed by atoms with van der Waals surface area (Å²) in [6, 6.07) is 9.69. The Labute approximate surface area is 187 Å². The van der Waals surface area contributed by atoms with Gasteiger partial charge in [0.2, 0.25) is 0 Å². The van der Waals surface area contributed by atoms with E-state index in [0.29, 0.717) is 17.9 Å². The van der Waals surface area contributed by atoms with Crippen LogP contribution in [-0.2, 0) is 16.0 Å². The van der Waals surface area contributed by atoms with Crippen molar-refractivity contribution in [3.8, 4) is 11.5 Å². The van der Waals surface area contributed by atoms with Crippen LogP contribution in [0.3, 0.4) is 0 Å². The molecule has 2 rings (SSSR count). The van der Waals surface area contributed by atoms with E-state index in [2.05, 4.69) is 10.6 Å². The summed E-state index contributed by atoms with van der Waals surface area (Å²) in [5.74, 6) is -1.11. The van der Waals surface area contributed by atoms with Crippen LogP contribution >= 0.6 is 11.6 Å². The van der Waals surface area contributed by atoms with Gasteiger partial charge in [-0.25, -0.2) is 4.79 Å². The number of benzene rings is 2. The summed E-state index contributed by atoms with van der Waals surface area (Å²) < 4.78 is 10.5. The van der Waals surface area contributed by atoms with Gasteiger partial charge in [-0.2, -0.15) is 0 Å². The summed E-state index contributed by atoms with van der Waals surface area (Å²) in [4.78, 5) is 25.0. The van der Waals surface area contributed by atoms with E-state index < -0.39 is 17.9 Å². The third-order valence-corrected chi connectivity index (χ3v) is 5.11. The fourth-order valence-electron chi connectivity index (χ4n) is 3.10. The van der Waals surface area contributed by atoms with Gasteiger partial charge in [-0.1, -0.05) is 41.9 Å². The molecule has 8 heteroatoms. The van der Waals surface area contributed by atoms with Crippen LogP contribution in [0.1, 0.15) is 34.3 Å². The molecular formula is C23H29ClN2O5. The van der Waals surface area contributed by atoms with Gasteiger partial charge in [0, 0.05) is 12.0 Å². The van der Waals surface area contributed by atoms with Crippen molar-refractivity contribution in [2.75, 3.05) is 27.3 Å². The van der Waals surface area contributed by atoms with Crippen molar-refractivity contribution in [1.29, 1.82) is 0 Å². The molecule has 7 nitrogen and oxygen atoms in total. The molecule has 0 aliphatic rings. The molecule has 2 aromatic rings. The van der Waals surface area contributed by atoms with Gasteiger partial charge < -0.3 is 25.2 Å². The van der Waals surface area contributed by atoms with Gasteiger partial charge in [-0.3, -0.25) is 4.79 Å². The summed E-state index contributed by atoms with van der Waals surface area (Å²) in [5.41, 5.74) is 1.19. The first-order valence-electron chi connectivity index (χ1n) is 10.1. The van der Waals surface area contributed by atoms with Crippen molar-refractivity contribution in [1.82, 2.24) is 10.6 Å². The average molecular weight is 449 g/mol. The number of carbonyl (C=O) groups is 2. The van der Waals surface area contributed by atoms with E-state index in [9.17, 15) is 14.7 Å². The monoisotopic (exact) mass is 448 g/mol. The zero-order chi connectivity index (χ0) is 22.8. The Hall–Kier alpha value is -2.77. The summed E-state index contributed by atoms with van der Waals surface area (Å²) >= 11 is 6.33. The van der Waals surface area contributed by atoms with E-state index in [4.69, 9.17) is 21.1 Å². The van der Waals surface area contributed by atoms with Gasteiger partial charge in [-0.05, 0) is 45.0 Å². The van der Waals surface area contributed by atoms with Crippen LogP contribution in [-0.4, -0.2) is 50.3 Å². The second kappa shape index (κ2) is 12.2. The summed E-state index contributed by atoms with van der Waals surface area (Å²) in [5, 5.41) is 16.5. The highest BCUT2D eigenvalue weighted by Crippen LogP contribution is 2.37. The number of halogens is 1. The SMILES string of the molecule is CNCCCCOc1c(Cl)cc(C(=O)N[C@@H](Cc2ccccc2)C(=O)OC)c(O)c1C. The van der Waals surface area contributed by atoms with Crippen LogP contribution in [0.4, 0.5) is 0 Å². The fraction of sp³-hybridized carbons (Fsp3) is 0.391. The molecule has 0 aliphatic heterocycles. The number of aromatic hydroxyl groups is 1. The lowest BCUT2D eigenvalue weighted by Crippen LogP contribution is -2.43. The van der Waals surface area contributed by atoms with Crippen molar-refractivity contribution in [2.45, 2.75) is 32.2 Å². The maximum Gasteiger partial charge on any atom is 0.328 e. The van der Waals surface area contributed by atoms with Gasteiger partial charge in [0.25, 0.3) is 5.91 Å². The Balaban J connectivity index is 2.16. The number of methoxy groups -OCH3 is 1. The lowest BCUT2D eigenvalue weighted by atomic mass is 10.0. The predicted octanol–water partition coefficient (Wildman–Crippen LogP) is 3.25. The van der Waals surface area contributed by atoms with Gasteiger partial charge in [-0.15, -0.1) is 0 Å². The molecule has 0 bridgehead atoms. The van der Waals surface area contributed by atoms with Crippen molar-refractivity contribution in [2.24, 2.45) is 0 Å².